The third kappa shape index (κ3) is 3.26. The Morgan fingerprint density at radius 2 is 1.70 bits per heavy atom. The van der Waals surface area contributed by atoms with E-state index in [2.05, 4.69) is 22.5 Å². The summed E-state index contributed by atoms with van der Waals surface area (Å²) in [5.74, 6) is 0.587. The first-order valence-corrected chi connectivity index (χ1v) is 7.76. The number of hydrogen-bond donors (Lipinski definition) is 1. The fourth-order valence-electron chi connectivity index (χ4n) is 2.39. The summed E-state index contributed by atoms with van der Waals surface area (Å²) in [7, 11) is 0. The van der Waals surface area contributed by atoms with E-state index in [1.54, 1.807) is 0 Å². The van der Waals surface area contributed by atoms with E-state index in [-0.39, 0.29) is 5.91 Å². The van der Waals surface area contributed by atoms with Crippen molar-refractivity contribution in [3.8, 4) is 0 Å². The van der Waals surface area contributed by atoms with Crippen LogP contribution < -0.4 is 5.32 Å². The second-order valence-corrected chi connectivity index (χ2v) is 6.71. The van der Waals surface area contributed by atoms with Crippen LogP contribution in [0.1, 0.15) is 26.3 Å². The predicted octanol–water partition coefficient (Wildman–Crippen LogP) is 4.07. The number of amides is 1. The quantitative estimate of drug-likeness (QED) is 0.793. The van der Waals surface area contributed by atoms with E-state index in [0.29, 0.717) is 12.4 Å². The molecule has 1 aromatic heterocycles. The van der Waals surface area contributed by atoms with Crippen LogP contribution in [0.25, 0.3) is 10.9 Å². The van der Waals surface area contributed by atoms with E-state index in [0.717, 1.165) is 10.9 Å². The second kappa shape index (κ2) is 5.88. The SMILES string of the molecule is CC(C)(C)C(=O)Nc1nn(Cc2ccccc2)c2ccccc12. The smallest absolute Gasteiger partial charge is 0.230 e. The Bertz CT molecular complexity index is 829. The van der Waals surface area contributed by atoms with Gasteiger partial charge < -0.3 is 5.32 Å². The monoisotopic (exact) mass is 307 g/mol. The van der Waals surface area contributed by atoms with Gasteiger partial charge in [0.15, 0.2) is 5.82 Å². The summed E-state index contributed by atoms with van der Waals surface area (Å²) in [5.41, 5.74) is 1.74. The van der Waals surface area contributed by atoms with Crippen molar-refractivity contribution in [1.29, 1.82) is 0 Å². The van der Waals surface area contributed by atoms with Crippen molar-refractivity contribution in [3.63, 3.8) is 0 Å². The molecular formula is C19H21N3O. The number of para-hydroxylation sites is 1. The fourth-order valence-corrected chi connectivity index (χ4v) is 2.39. The van der Waals surface area contributed by atoms with Crippen LogP contribution in [0.15, 0.2) is 54.6 Å². The lowest BCUT2D eigenvalue weighted by molar-refractivity contribution is -0.123. The third-order valence-electron chi connectivity index (χ3n) is 3.75. The number of rotatable bonds is 3. The van der Waals surface area contributed by atoms with Gasteiger partial charge in [0.05, 0.1) is 12.1 Å². The average molecular weight is 307 g/mol. The van der Waals surface area contributed by atoms with Crippen LogP contribution >= 0.6 is 0 Å². The molecule has 0 aliphatic carbocycles. The highest BCUT2D eigenvalue weighted by molar-refractivity contribution is 6.01. The van der Waals surface area contributed by atoms with E-state index in [1.807, 2.05) is 67.9 Å². The predicted molar refractivity (Wildman–Crippen MR) is 93.4 cm³/mol. The molecular weight excluding hydrogens is 286 g/mol. The highest BCUT2D eigenvalue weighted by atomic mass is 16.2. The maximum atomic E-state index is 12.3. The van der Waals surface area contributed by atoms with Crippen LogP contribution in [0.4, 0.5) is 5.82 Å². The Morgan fingerprint density at radius 1 is 1.04 bits per heavy atom. The van der Waals surface area contributed by atoms with Crippen LogP contribution in [0.3, 0.4) is 0 Å². The van der Waals surface area contributed by atoms with Crippen molar-refractivity contribution < 1.29 is 4.79 Å². The number of nitrogens with one attached hydrogen (secondary N) is 1. The van der Waals surface area contributed by atoms with Gasteiger partial charge in [0.1, 0.15) is 0 Å². The van der Waals surface area contributed by atoms with E-state index >= 15 is 0 Å². The van der Waals surface area contributed by atoms with E-state index in [9.17, 15) is 4.79 Å². The zero-order valence-corrected chi connectivity index (χ0v) is 13.7. The Hall–Kier alpha value is -2.62. The van der Waals surface area contributed by atoms with Gasteiger partial charge in [-0.2, -0.15) is 5.10 Å². The minimum atomic E-state index is -0.454. The largest absolute Gasteiger partial charge is 0.308 e. The molecule has 0 radical (unpaired) electrons. The molecule has 3 rings (SSSR count). The molecule has 118 valence electrons. The fraction of sp³-hybridized carbons (Fsp3) is 0.263. The number of hydrogen-bond acceptors (Lipinski definition) is 2. The molecule has 4 heteroatoms. The number of carbonyl (C=O) groups excluding carboxylic acids is 1. The normalized spacial score (nSPS) is 11.6. The molecule has 3 aromatic rings. The molecule has 0 spiro atoms. The van der Waals surface area contributed by atoms with E-state index in [4.69, 9.17) is 0 Å². The molecule has 0 atom stereocenters. The van der Waals surface area contributed by atoms with Gasteiger partial charge >= 0.3 is 0 Å². The molecule has 0 saturated carbocycles. The zero-order valence-electron chi connectivity index (χ0n) is 13.7. The number of fused-ring (bicyclic) bond motifs is 1. The summed E-state index contributed by atoms with van der Waals surface area (Å²) in [6.07, 6.45) is 0. The number of carbonyl (C=O) groups is 1. The minimum Gasteiger partial charge on any atom is -0.308 e. The van der Waals surface area contributed by atoms with Crippen LogP contribution in [-0.4, -0.2) is 15.7 Å². The van der Waals surface area contributed by atoms with Gasteiger partial charge in [0.2, 0.25) is 5.91 Å². The van der Waals surface area contributed by atoms with Gasteiger partial charge in [-0.3, -0.25) is 9.48 Å². The first-order valence-electron chi connectivity index (χ1n) is 7.76. The topological polar surface area (TPSA) is 46.9 Å². The van der Waals surface area contributed by atoms with Gasteiger partial charge in [0.25, 0.3) is 0 Å². The summed E-state index contributed by atoms with van der Waals surface area (Å²) in [4.78, 5) is 12.3. The van der Waals surface area contributed by atoms with Crippen molar-refractivity contribution in [1.82, 2.24) is 9.78 Å². The number of aromatic nitrogens is 2. The van der Waals surface area contributed by atoms with Crippen LogP contribution in [0.2, 0.25) is 0 Å². The lowest BCUT2D eigenvalue weighted by Crippen LogP contribution is -2.27. The lowest BCUT2D eigenvalue weighted by atomic mass is 9.96. The molecule has 0 aliphatic rings. The maximum Gasteiger partial charge on any atom is 0.230 e. The summed E-state index contributed by atoms with van der Waals surface area (Å²) < 4.78 is 1.93. The van der Waals surface area contributed by atoms with E-state index in [1.165, 1.54) is 5.56 Å². The molecule has 1 heterocycles. The number of nitrogens with zero attached hydrogens (tertiary/aromatic N) is 2. The van der Waals surface area contributed by atoms with Crippen LogP contribution in [-0.2, 0) is 11.3 Å². The summed E-state index contributed by atoms with van der Waals surface area (Å²) in [5, 5.41) is 8.54. The molecule has 23 heavy (non-hydrogen) atoms. The Morgan fingerprint density at radius 3 is 2.39 bits per heavy atom. The molecule has 0 unspecified atom stereocenters. The lowest BCUT2D eigenvalue weighted by Gasteiger charge is -2.16. The van der Waals surface area contributed by atoms with Crippen molar-refractivity contribution in [2.45, 2.75) is 27.3 Å². The van der Waals surface area contributed by atoms with Crippen LogP contribution in [0, 0.1) is 5.41 Å². The number of benzene rings is 2. The Labute approximate surface area is 136 Å². The van der Waals surface area contributed by atoms with Gasteiger partial charge in [0, 0.05) is 10.8 Å². The third-order valence-corrected chi connectivity index (χ3v) is 3.75. The zero-order chi connectivity index (χ0) is 16.4. The summed E-state index contributed by atoms with van der Waals surface area (Å²) >= 11 is 0. The summed E-state index contributed by atoms with van der Waals surface area (Å²) in [6, 6.07) is 18.1. The highest BCUT2D eigenvalue weighted by Gasteiger charge is 2.23. The molecule has 2 aromatic carbocycles. The van der Waals surface area contributed by atoms with Gasteiger partial charge in [-0.15, -0.1) is 0 Å². The highest BCUT2D eigenvalue weighted by Crippen LogP contribution is 2.25. The van der Waals surface area contributed by atoms with Gasteiger partial charge in [-0.1, -0.05) is 63.2 Å². The van der Waals surface area contributed by atoms with Crippen molar-refractivity contribution in [3.05, 3.63) is 60.2 Å². The maximum absolute atomic E-state index is 12.3. The molecule has 0 fully saturated rings. The molecule has 0 bridgehead atoms. The van der Waals surface area contributed by atoms with Crippen molar-refractivity contribution in [2.75, 3.05) is 5.32 Å². The minimum absolute atomic E-state index is 0.0346. The molecule has 1 N–H and O–H groups in total. The summed E-state index contributed by atoms with van der Waals surface area (Å²) in [6.45, 7) is 6.36. The van der Waals surface area contributed by atoms with Gasteiger partial charge in [-0.25, -0.2) is 0 Å². The molecule has 1 amide bonds. The molecule has 0 saturated heterocycles. The van der Waals surface area contributed by atoms with Gasteiger partial charge in [-0.05, 0) is 17.7 Å². The first kappa shape index (κ1) is 15.3. The first-order chi connectivity index (χ1) is 10.9. The average Bonchev–Trinajstić information content (AvgIpc) is 2.86. The van der Waals surface area contributed by atoms with E-state index < -0.39 is 5.41 Å². The number of anilines is 1. The van der Waals surface area contributed by atoms with Crippen LogP contribution in [0.5, 0.6) is 0 Å². The van der Waals surface area contributed by atoms with Crippen molar-refractivity contribution in [2.24, 2.45) is 5.41 Å². The Balaban J connectivity index is 1.98. The van der Waals surface area contributed by atoms with Crippen molar-refractivity contribution >= 4 is 22.6 Å². The molecule has 4 nitrogen and oxygen atoms in total. The Kier molecular flexibility index (Phi) is 3.90. The second-order valence-electron chi connectivity index (χ2n) is 6.71. The standard InChI is InChI=1S/C19H21N3O/c1-19(2,3)18(23)20-17-15-11-7-8-12-16(15)22(21-17)13-14-9-5-4-6-10-14/h4-12H,13H2,1-3H3,(H,20,21,23). The molecule has 0 aliphatic heterocycles.